The Labute approximate surface area is 128 Å². The highest BCUT2D eigenvalue weighted by molar-refractivity contribution is 5.96. The van der Waals surface area contributed by atoms with Crippen LogP contribution in [0.2, 0.25) is 0 Å². The first-order chi connectivity index (χ1) is 10.4. The molecule has 120 valence electrons. The van der Waals surface area contributed by atoms with Gasteiger partial charge in [0.15, 0.2) is 0 Å². The van der Waals surface area contributed by atoms with Crippen LogP contribution in [0.4, 0.5) is 0 Å². The van der Waals surface area contributed by atoms with E-state index in [9.17, 15) is 24.9 Å². The topological polar surface area (TPSA) is 104 Å². The molecule has 3 N–H and O–H groups in total. The lowest BCUT2D eigenvalue weighted by Gasteiger charge is -2.18. The van der Waals surface area contributed by atoms with E-state index in [1.165, 1.54) is 6.07 Å². The Kier molecular flexibility index (Phi) is 5.03. The number of esters is 1. The fourth-order valence-corrected chi connectivity index (χ4v) is 2.64. The molecular formula is C16H20O6. The van der Waals surface area contributed by atoms with E-state index in [0.29, 0.717) is 19.3 Å². The van der Waals surface area contributed by atoms with Gasteiger partial charge in [0.1, 0.15) is 22.8 Å². The van der Waals surface area contributed by atoms with Gasteiger partial charge in [-0.1, -0.05) is 0 Å². The van der Waals surface area contributed by atoms with Crippen molar-refractivity contribution in [3.8, 4) is 11.5 Å². The molecule has 0 saturated heterocycles. The number of benzene rings is 1. The molecule has 1 aromatic rings. The minimum atomic E-state index is -0.732. The molecule has 0 aliphatic carbocycles. The van der Waals surface area contributed by atoms with Crippen LogP contribution in [0.1, 0.15) is 48.5 Å². The van der Waals surface area contributed by atoms with Gasteiger partial charge in [0.05, 0.1) is 12.2 Å². The minimum Gasteiger partial charge on any atom is -0.508 e. The highest BCUT2D eigenvalue weighted by Crippen LogP contribution is 2.29. The summed E-state index contributed by atoms with van der Waals surface area (Å²) >= 11 is 0. The normalized spacial score (nSPS) is 23.9. The summed E-state index contributed by atoms with van der Waals surface area (Å²) in [6.07, 6.45) is 0.394. The molecule has 0 aromatic heterocycles. The van der Waals surface area contributed by atoms with Gasteiger partial charge in [-0.3, -0.25) is 4.79 Å². The average Bonchev–Trinajstić information content (AvgIpc) is 2.35. The number of aliphatic hydroxyl groups excluding tert-OH is 1. The van der Waals surface area contributed by atoms with Crippen LogP contribution in [0.5, 0.6) is 11.5 Å². The van der Waals surface area contributed by atoms with Gasteiger partial charge in [-0.25, -0.2) is 4.79 Å². The minimum absolute atomic E-state index is 0.0146. The second-order valence-electron chi connectivity index (χ2n) is 5.72. The van der Waals surface area contributed by atoms with Gasteiger partial charge in [-0.05, 0) is 37.8 Å². The zero-order valence-electron chi connectivity index (χ0n) is 12.4. The Bertz CT molecular complexity index is 580. The van der Waals surface area contributed by atoms with Gasteiger partial charge < -0.3 is 20.1 Å². The molecule has 6 heteroatoms. The highest BCUT2D eigenvalue weighted by atomic mass is 16.5. The number of fused-ring (bicyclic) bond motifs is 1. The van der Waals surface area contributed by atoms with Crippen molar-refractivity contribution in [1.29, 1.82) is 0 Å². The Morgan fingerprint density at radius 2 is 1.91 bits per heavy atom. The van der Waals surface area contributed by atoms with Crippen molar-refractivity contribution in [2.75, 3.05) is 0 Å². The molecule has 2 rings (SSSR count). The van der Waals surface area contributed by atoms with Crippen LogP contribution >= 0.6 is 0 Å². The van der Waals surface area contributed by atoms with Crippen molar-refractivity contribution in [3.05, 3.63) is 23.3 Å². The number of ether oxygens (including phenoxy) is 1. The number of phenolic OH excluding ortho intramolecular Hbond substituents is 2. The van der Waals surface area contributed by atoms with Crippen molar-refractivity contribution in [3.63, 3.8) is 0 Å². The van der Waals surface area contributed by atoms with Crippen LogP contribution < -0.4 is 0 Å². The molecular weight excluding hydrogens is 288 g/mol. The van der Waals surface area contributed by atoms with Crippen LogP contribution in [0.15, 0.2) is 12.1 Å². The smallest absolute Gasteiger partial charge is 0.342 e. The Balaban J connectivity index is 2.40. The van der Waals surface area contributed by atoms with Gasteiger partial charge in [0.2, 0.25) is 0 Å². The van der Waals surface area contributed by atoms with E-state index in [2.05, 4.69) is 0 Å². The van der Waals surface area contributed by atoms with E-state index in [4.69, 9.17) is 4.74 Å². The standard InChI is InChI=1S/C16H20O6/c1-9-3-2-4-11(17)7-12(18)5-10-6-13(19)8-14(20)15(10)16(21)22-9/h6,8-9,11,17,19-20H,2-5,7H2,1H3. The quantitative estimate of drug-likeness (QED) is 0.630. The zero-order valence-corrected chi connectivity index (χ0v) is 12.4. The summed E-state index contributed by atoms with van der Waals surface area (Å²) in [4.78, 5) is 24.2. The Morgan fingerprint density at radius 1 is 1.18 bits per heavy atom. The number of rotatable bonds is 0. The summed E-state index contributed by atoms with van der Waals surface area (Å²) in [6, 6.07) is 2.30. The predicted octanol–water partition coefficient (Wildman–Crippen LogP) is 1.69. The van der Waals surface area contributed by atoms with Crippen LogP contribution in [0.3, 0.4) is 0 Å². The summed E-state index contributed by atoms with van der Waals surface area (Å²) in [5.74, 6) is -1.63. The van der Waals surface area contributed by atoms with Crippen LogP contribution in [0, 0.1) is 0 Å². The largest absolute Gasteiger partial charge is 0.508 e. The van der Waals surface area contributed by atoms with E-state index in [1.807, 2.05) is 0 Å². The molecule has 22 heavy (non-hydrogen) atoms. The van der Waals surface area contributed by atoms with E-state index in [-0.39, 0.29) is 41.6 Å². The number of carbonyl (C=O) groups is 2. The first-order valence-corrected chi connectivity index (χ1v) is 7.32. The van der Waals surface area contributed by atoms with Crippen molar-refractivity contribution in [2.24, 2.45) is 0 Å². The maximum Gasteiger partial charge on any atom is 0.342 e. The summed E-state index contributed by atoms with van der Waals surface area (Å²) < 4.78 is 5.27. The number of ketones is 1. The molecule has 1 aromatic carbocycles. The lowest BCUT2D eigenvalue weighted by molar-refractivity contribution is -0.120. The average molecular weight is 308 g/mol. The molecule has 1 aliphatic rings. The summed E-state index contributed by atoms with van der Waals surface area (Å²) in [6.45, 7) is 1.73. The van der Waals surface area contributed by atoms with E-state index >= 15 is 0 Å². The maximum atomic E-state index is 12.2. The van der Waals surface area contributed by atoms with Crippen molar-refractivity contribution >= 4 is 11.8 Å². The molecule has 1 heterocycles. The number of hydrogen-bond acceptors (Lipinski definition) is 6. The van der Waals surface area contributed by atoms with Gasteiger partial charge >= 0.3 is 5.97 Å². The highest BCUT2D eigenvalue weighted by Gasteiger charge is 2.24. The third-order valence-corrected chi connectivity index (χ3v) is 3.70. The Morgan fingerprint density at radius 3 is 2.64 bits per heavy atom. The molecule has 0 saturated carbocycles. The lowest BCUT2D eigenvalue weighted by atomic mass is 9.96. The fourth-order valence-electron chi connectivity index (χ4n) is 2.64. The number of aromatic hydroxyl groups is 2. The number of carbonyl (C=O) groups excluding carboxylic acids is 2. The monoisotopic (exact) mass is 308 g/mol. The first kappa shape index (κ1) is 16.3. The molecule has 0 bridgehead atoms. The van der Waals surface area contributed by atoms with E-state index < -0.39 is 17.8 Å². The molecule has 0 fully saturated rings. The van der Waals surface area contributed by atoms with Crippen LogP contribution in [-0.4, -0.2) is 39.3 Å². The summed E-state index contributed by atoms with van der Waals surface area (Å²) in [5.41, 5.74) is 0.0977. The van der Waals surface area contributed by atoms with Crippen molar-refractivity contribution < 1.29 is 29.6 Å². The van der Waals surface area contributed by atoms with Crippen molar-refractivity contribution in [2.45, 2.75) is 51.2 Å². The molecule has 6 nitrogen and oxygen atoms in total. The second kappa shape index (κ2) is 6.79. The molecule has 2 unspecified atom stereocenters. The van der Waals surface area contributed by atoms with E-state index in [0.717, 1.165) is 6.07 Å². The van der Waals surface area contributed by atoms with Crippen LogP contribution in [0.25, 0.3) is 0 Å². The van der Waals surface area contributed by atoms with Gasteiger partial charge in [-0.2, -0.15) is 0 Å². The number of Topliss-reactive ketones (excluding diaryl/α,β-unsaturated/α-hetero) is 1. The zero-order chi connectivity index (χ0) is 16.3. The molecule has 0 amide bonds. The van der Waals surface area contributed by atoms with Crippen molar-refractivity contribution in [1.82, 2.24) is 0 Å². The lowest BCUT2D eigenvalue weighted by Crippen LogP contribution is -2.21. The van der Waals surface area contributed by atoms with Gasteiger partial charge in [0, 0.05) is 18.9 Å². The fraction of sp³-hybridized carbons (Fsp3) is 0.500. The number of aliphatic hydroxyl groups is 1. The number of phenols is 2. The van der Waals surface area contributed by atoms with Crippen LogP contribution in [-0.2, 0) is 16.0 Å². The number of hydrogen-bond donors (Lipinski definition) is 3. The molecule has 0 radical (unpaired) electrons. The molecule has 0 spiro atoms. The third-order valence-electron chi connectivity index (χ3n) is 3.70. The summed E-state index contributed by atoms with van der Waals surface area (Å²) in [7, 11) is 0. The van der Waals surface area contributed by atoms with Gasteiger partial charge in [-0.15, -0.1) is 0 Å². The SMILES string of the molecule is CC1CCCC(O)CC(=O)Cc2cc(O)cc(O)c2C(=O)O1. The molecule has 2 atom stereocenters. The molecule has 1 aliphatic heterocycles. The number of cyclic esters (lactones) is 1. The maximum absolute atomic E-state index is 12.2. The van der Waals surface area contributed by atoms with Gasteiger partial charge in [0.25, 0.3) is 0 Å². The first-order valence-electron chi connectivity index (χ1n) is 7.32. The Hall–Kier alpha value is -2.08. The predicted molar refractivity (Wildman–Crippen MR) is 77.8 cm³/mol. The summed E-state index contributed by atoms with van der Waals surface area (Å²) in [5, 5.41) is 29.3. The second-order valence-corrected chi connectivity index (χ2v) is 5.72. The third kappa shape index (κ3) is 3.98. The van der Waals surface area contributed by atoms with E-state index in [1.54, 1.807) is 6.92 Å².